The van der Waals surface area contributed by atoms with Crippen molar-refractivity contribution in [1.29, 1.82) is 0 Å². The lowest BCUT2D eigenvalue weighted by Crippen LogP contribution is -2.45. The Hall–Kier alpha value is -2.93. The monoisotopic (exact) mass is 468 g/mol. The molecular weight excluding hydrogens is 435 g/mol. The maximum atomic E-state index is 14.3. The van der Waals surface area contributed by atoms with Crippen LogP contribution in [0.15, 0.2) is 48.5 Å². The average Bonchev–Trinajstić information content (AvgIpc) is 2.86. The number of hydrogen-bond donors (Lipinski definition) is 0. The fourth-order valence-corrected chi connectivity index (χ4v) is 5.08. The van der Waals surface area contributed by atoms with Crippen molar-refractivity contribution in [3.63, 3.8) is 0 Å². The number of hydrogen-bond acceptors (Lipinski definition) is 4. The van der Waals surface area contributed by atoms with Gasteiger partial charge in [-0.3, -0.25) is 9.59 Å². The molecule has 2 bridgehead atoms. The fourth-order valence-electron chi connectivity index (χ4n) is 5.08. The van der Waals surface area contributed by atoms with Crippen molar-refractivity contribution in [2.45, 2.75) is 32.1 Å². The van der Waals surface area contributed by atoms with Crippen molar-refractivity contribution in [2.75, 3.05) is 46.5 Å². The molecule has 0 radical (unpaired) electrons. The summed E-state index contributed by atoms with van der Waals surface area (Å²) in [6, 6.07) is 13.3. The molecule has 0 unspecified atom stereocenters. The van der Waals surface area contributed by atoms with Gasteiger partial charge in [0.2, 0.25) is 0 Å². The van der Waals surface area contributed by atoms with Gasteiger partial charge in [-0.05, 0) is 55.4 Å². The summed E-state index contributed by atoms with van der Waals surface area (Å²) in [5, 5.41) is 0. The van der Waals surface area contributed by atoms with Crippen molar-refractivity contribution < 1.29 is 23.5 Å². The summed E-state index contributed by atoms with van der Waals surface area (Å²) < 4.78 is 25.9. The molecule has 0 saturated carbocycles. The lowest BCUT2D eigenvalue weighted by Gasteiger charge is -2.41. The fraction of sp³-hybridized carbons (Fsp3) is 0.481. The van der Waals surface area contributed by atoms with E-state index in [1.165, 1.54) is 12.1 Å². The van der Waals surface area contributed by atoms with Gasteiger partial charge in [0.25, 0.3) is 11.8 Å². The largest absolute Gasteiger partial charge is 0.491 e. The van der Waals surface area contributed by atoms with E-state index >= 15 is 0 Å². The molecule has 5 rings (SSSR count). The molecular formula is C27H33FN2O4. The van der Waals surface area contributed by atoms with Crippen LogP contribution in [-0.2, 0) is 4.74 Å². The van der Waals surface area contributed by atoms with Gasteiger partial charge in [0.15, 0.2) is 0 Å². The van der Waals surface area contributed by atoms with Gasteiger partial charge in [-0.2, -0.15) is 0 Å². The maximum Gasteiger partial charge on any atom is 0.257 e. The molecule has 3 aliphatic heterocycles. The molecule has 34 heavy (non-hydrogen) atoms. The van der Waals surface area contributed by atoms with Crippen LogP contribution in [0.25, 0.3) is 0 Å². The molecule has 3 heterocycles. The van der Waals surface area contributed by atoms with Gasteiger partial charge in [0, 0.05) is 26.7 Å². The number of fused-ring (bicyclic) bond motifs is 9. The Morgan fingerprint density at radius 2 is 1.74 bits per heavy atom. The molecule has 7 heteroatoms. The Morgan fingerprint density at radius 3 is 2.50 bits per heavy atom. The molecule has 1 fully saturated rings. The number of carbonyl (C=O) groups excluding carboxylic acids is 2. The smallest absolute Gasteiger partial charge is 0.257 e. The van der Waals surface area contributed by atoms with Crippen LogP contribution in [0.3, 0.4) is 0 Å². The standard InChI is InChI=1S/C27H33FN2O4/c1-33-20-27-12-6-7-15-29(25(31)21-8-2-4-10-23(21)28)18-19-34-24-11-5-3-9-22(24)26(32)30(16-13-27)17-14-27/h2-5,8-11H,6-7,12-20H2,1H3. The number of benzene rings is 2. The van der Waals surface area contributed by atoms with E-state index in [1.807, 2.05) is 17.0 Å². The van der Waals surface area contributed by atoms with Crippen LogP contribution in [-0.4, -0.2) is 68.1 Å². The second-order valence-corrected chi connectivity index (χ2v) is 9.30. The Kier molecular flexibility index (Phi) is 7.83. The summed E-state index contributed by atoms with van der Waals surface area (Å²) in [6.07, 6.45) is 4.48. The Morgan fingerprint density at radius 1 is 1.00 bits per heavy atom. The quantitative estimate of drug-likeness (QED) is 0.670. The number of carbonyl (C=O) groups is 2. The first kappa shape index (κ1) is 24.2. The summed E-state index contributed by atoms with van der Waals surface area (Å²) in [7, 11) is 1.73. The molecule has 0 aromatic heterocycles. The summed E-state index contributed by atoms with van der Waals surface area (Å²) in [5.41, 5.74) is 0.629. The van der Waals surface area contributed by atoms with Gasteiger partial charge in [0.1, 0.15) is 18.2 Å². The zero-order valence-corrected chi connectivity index (χ0v) is 19.8. The molecule has 0 spiro atoms. The second kappa shape index (κ2) is 11.0. The lowest BCUT2D eigenvalue weighted by atomic mass is 9.75. The van der Waals surface area contributed by atoms with Gasteiger partial charge < -0.3 is 19.3 Å². The number of piperidine rings is 1. The summed E-state index contributed by atoms with van der Waals surface area (Å²) in [4.78, 5) is 30.0. The first-order chi connectivity index (χ1) is 16.5. The van der Waals surface area contributed by atoms with E-state index < -0.39 is 5.82 Å². The Balaban J connectivity index is 1.59. The van der Waals surface area contributed by atoms with Crippen LogP contribution < -0.4 is 4.74 Å². The first-order valence-electron chi connectivity index (χ1n) is 12.1. The van der Waals surface area contributed by atoms with Crippen molar-refractivity contribution in [1.82, 2.24) is 9.80 Å². The van der Waals surface area contributed by atoms with Crippen LogP contribution in [0.4, 0.5) is 4.39 Å². The van der Waals surface area contributed by atoms with Crippen molar-refractivity contribution in [2.24, 2.45) is 5.41 Å². The van der Waals surface area contributed by atoms with Crippen molar-refractivity contribution in [3.05, 3.63) is 65.5 Å². The molecule has 1 saturated heterocycles. The van der Waals surface area contributed by atoms with Gasteiger partial charge >= 0.3 is 0 Å². The first-order valence-corrected chi connectivity index (χ1v) is 12.1. The summed E-state index contributed by atoms with van der Waals surface area (Å²) in [5.74, 6) is -0.385. The molecule has 3 aliphatic rings. The van der Waals surface area contributed by atoms with E-state index in [1.54, 1.807) is 36.3 Å². The molecule has 2 aromatic carbocycles. The van der Waals surface area contributed by atoms with Crippen molar-refractivity contribution in [3.8, 4) is 5.75 Å². The van der Waals surface area contributed by atoms with Crippen LogP contribution >= 0.6 is 0 Å². The zero-order valence-electron chi connectivity index (χ0n) is 19.8. The average molecular weight is 469 g/mol. The Labute approximate surface area is 200 Å². The van der Waals surface area contributed by atoms with Crippen LogP contribution in [0, 0.1) is 11.2 Å². The SMILES string of the molecule is COCC12CCCCN(C(=O)c3ccccc3F)CCOc3ccccc3C(=O)N(CC1)CC2. The van der Waals surface area contributed by atoms with Crippen LogP contribution in [0.1, 0.15) is 52.8 Å². The highest BCUT2D eigenvalue weighted by atomic mass is 19.1. The highest BCUT2D eigenvalue weighted by molar-refractivity contribution is 5.97. The van der Waals surface area contributed by atoms with E-state index in [0.717, 1.165) is 32.1 Å². The topological polar surface area (TPSA) is 59.1 Å². The Bertz CT molecular complexity index is 1000. The van der Waals surface area contributed by atoms with Gasteiger partial charge in [-0.1, -0.05) is 30.7 Å². The van der Waals surface area contributed by atoms with E-state index in [4.69, 9.17) is 9.47 Å². The minimum absolute atomic E-state index is 0.0299. The van der Waals surface area contributed by atoms with Crippen LogP contribution in [0.5, 0.6) is 5.75 Å². The minimum Gasteiger partial charge on any atom is -0.491 e. The number of methoxy groups -OCH3 is 1. The predicted molar refractivity (Wildman–Crippen MR) is 128 cm³/mol. The number of halogens is 1. The van der Waals surface area contributed by atoms with E-state index in [9.17, 15) is 14.0 Å². The third-order valence-corrected chi connectivity index (χ3v) is 7.07. The highest BCUT2D eigenvalue weighted by Crippen LogP contribution is 2.38. The van der Waals surface area contributed by atoms with E-state index in [0.29, 0.717) is 44.1 Å². The van der Waals surface area contributed by atoms with Gasteiger partial charge in [-0.25, -0.2) is 4.39 Å². The summed E-state index contributed by atoms with van der Waals surface area (Å²) in [6.45, 7) is 3.09. The molecule has 2 aromatic rings. The number of nitrogens with zero attached hydrogens (tertiary/aromatic N) is 2. The normalized spacial score (nSPS) is 19.1. The second-order valence-electron chi connectivity index (χ2n) is 9.30. The minimum atomic E-state index is -0.523. The number of rotatable bonds is 3. The lowest BCUT2D eigenvalue weighted by molar-refractivity contribution is 0.0136. The van der Waals surface area contributed by atoms with Crippen molar-refractivity contribution >= 4 is 11.8 Å². The van der Waals surface area contributed by atoms with Crippen LogP contribution in [0.2, 0.25) is 0 Å². The third-order valence-electron chi connectivity index (χ3n) is 7.07. The molecule has 6 nitrogen and oxygen atoms in total. The molecule has 0 atom stereocenters. The van der Waals surface area contributed by atoms with E-state index in [-0.39, 0.29) is 29.4 Å². The molecule has 0 N–H and O–H groups in total. The zero-order chi connectivity index (χ0) is 24.0. The predicted octanol–water partition coefficient (Wildman–Crippen LogP) is 4.40. The third kappa shape index (κ3) is 5.41. The number of amides is 2. The maximum absolute atomic E-state index is 14.3. The molecule has 182 valence electrons. The van der Waals surface area contributed by atoms with E-state index in [2.05, 4.69) is 0 Å². The van der Waals surface area contributed by atoms with Gasteiger partial charge in [0.05, 0.1) is 24.3 Å². The van der Waals surface area contributed by atoms with Gasteiger partial charge in [-0.15, -0.1) is 0 Å². The molecule has 2 amide bonds. The number of para-hydroxylation sites is 1. The summed E-state index contributed by atoms with van der Waals surface area (Å²) >= 11 is 0. The molecule has 0 aliphatic carbocycles. The number of ether oxygens (including phenoxy) is 2. The highest BCUT2D eigenvalue weighted by Gasteiger charge is 2.36.